The van der Waals surface area contributed by atoms with Gasteiger partial charge in [-0.1, -0.05) is 0 Å². The molecule has 4 rings (SSSR count). The van der Waals surface area contributed by atoms with E-state index in [0.717, 1.165) is 5.13 Å². The highest BCUT2D eigenvalue weighted by Gasteiger charge is 2.27. The minimum atomic E-state index is -0.741. The van der Waals surface area contributed by atoms with Crippen LogP contribution < -0.4 is 15.2 Å². The first-order valence-corrected chi connectivity index (χ1v) is 10.7. The highest BCUT2D eigenvalue weighted by molar-refractivity contribution is 7.13. The van der Waals surface area contributed by atoms with Crippen molar-refractivity contribution in [1.82, 2.24) is 9.55 Å². The fourth-order valence-corrected chi connectivity index (χ4v) is 4.47. The van der Waals surface area contributed by atoms with Crippen molar-refractivity contribution in [1.29, 1.82) is 0 Å². The fourth-order valence-electron chi connectivity index (χ4n) is 3.77. The highest BCUT2D eigenvalue weighted by Crippen LogP contribution is 2.33. The maximum Gasteiger partial charge on any atom is 0.343 e. The molecule has 0 N–H and O–H groups in total. The van der Waals surface area contributed by atoms with E-state index in [1.165, 1.54) is 12.3 Å². The Bertz CT molecular complexity index is 1200. The van der Waals surface area contributed by atoms with Gasteiger partial charge in [0.1, 0.15) is 11.3 Å². The Balaban J connectivity index is 1.74. The average Bonchev–Trinajstić information content (AvgIpc) is 3.30. The summed E-state index contributed by atoms with van der Waals surface area (Å²) in [6.45, 7) is 4.31. The Hall–Kier alpha value is -3.47. The van der Waals surface area contributed by atoms with E-state index < -0.39 is 16.3 Å². The monoisotopic (exact) mass is 443 g/mol. The Morgan fingerprint density at radius 1 is 1.26 bits per heavy atom. The minimum absolute atomic E-state index is 0.116. The third-order valence-electron chi connectivity index (χ3n) is 5.29. The van der Waals surface area contributed by atoms with Gasteiger partial charge < -0.3 is 19.1 Å². The van der Waals surface area contributed by atoms with E-state index in [-0.39, 0.29) is 23.2 Å². The van der Waals surface area contributed by atoms with Crippen LogP contribution in [-0.2, 0) is 11.8 Å². The number of pyridine rings is 1. The van der Waals surface area contributed by atoms with Crippen molar-refractivity contribution in [2.45, 2.75) is 6.92 Å². The van der Waals surface area contributed by atoms with Gasteiger partial charge in [0.25, 0.3) is 5.69 Å². The molecule has 1 aliphatic heterocycles. The van der Waals surface area contributed by atoms with Gasteiger partial charge in [0.2, 0.25) is 5.43 Å². The number of fused-ring (bicyclic) bond motifs is 1. The first kappa shape index (κ1) is 20.8. The Morgan fingerprint density at radius 2 is 1.97 bits per heavy atom. The van der Waals surface area contributed by atoms with Crippen LogP contribution in [0, 0.1) is 10.1 Å². The van der Waals surface area contributed by atoms with Gasteiger partial charge in [-0.05, 0) is 13.0 Å². The minimum Gasteiger partial charge on any atom is -0.462 e. The van der Waals surface area contributed by atoms with Crippen LogP contribution >= 0.6 is 11.3 Å². The van der Waals surface area contributed by atoms with Crippen LogP contribution in [0.5, 0.6) is 0 Å². The molecule has 0 amide bonds. The lowest BCUT2D eigenvalue weighted by Gasteiger charge is -2.35. The van der Waals surface area contributed by atoms with Crippen molar-refractivity contribution in [2.75, 3.05) is 42.6 Å². The van der Waals surface area contributed by atoms with Gasteiger partial charge in [0, 0.05) is 57.1 Å². The summed E-state index contributed by atoms with van der Waals surface area (Å²) in [5.74, 6) is -0.741. The van der Waals surface area contributed by atoms with Gasteiger partial charge in [-0.15, -0.1) is 11.3 Å². The number of hydrogen-bond acceptors (Lipinski definition) is 9. The highest BCUT2D eigenvalue weighted by atomic mass is 32.1. The summed E-state index contributed by atoms with van der Waals surface area (Å²) in [5, 5.41) is 14.8. The Morgan fingerprint density at radius 3 is 2.58 bits per heavy atom. The predicted molar refractivity (Wildman–Crippen MR) is 118 cm³/mol. The number of ether oxygens (including phenoxy) is 1. The number of nitrogens with zero attached hydrogens (tertiary/aromatic N) is 5. The summed E-state index contributed by atoms with van der Waals surface area (Å²) >= 11 is 1.56. The number of thiazole rings is 1. The van der Waals surface area contributed by atoms with Crippen molar-refractivity contribution < 1.29 is 14.5 Å². The van der Waals surface area contributed by atoms with Gasteiger partial charge in [-0.3, -0.25) is 14.9 Å². The number of nitro groups is 1. The molecule has 10 nitrogen and oxygen atoms in total. The molecule has 3 aromatic rings. The smallest absolute Gasteiger partial charge is 0.343 e. The van der Waals surface area contributed by atoms with E-state index in [2.05, 4.69) is 9.88 Å². The van der Waals surface area contributed by atoms with Crippen molar-refractivity contribution in [3.05, 3.63) is 55.8 Å². The molecule has 0 atom stereocenters. The molecule has 1 aromatic carbocycles. The maximum absolute atomic E-state index is 12.9. The molecule has 0 bridgehead atoms. The topological polar surface area (TPSA) is 111 Å². The van der Waals surface area contributed by atoms with Crippen LogP contribution in [-0.4, -0.2) is 53.2 Å². The van der Waals surface area contributed by atoms with E-state index >= 15 is 0 Å². The lowest BCUT2D eigenvalue weighted by atomic mass is 10.1. The number of carbonyl (C=O) groups is 1. The molecule has 2 aromatic heterocycles. The number of nitro benzene ring substituents is 1. The number of carbonyl (C=O) groups excluding carboxylic acids is 1. The lowest BCUT2D eigenvalue weighted by Crippen LogP contribution is -2.46. The van der Waals surface area contributed by atoms with Crippen molar-refractivity contribution in [3.8, 4) is 0 Å². The summed E-state index contributed by atoms with van der Waals surface area (Å²) in [6.07, 6.45) is 3.17. The van der Waals surface area contributed by atoms with Crippen molar-refractivity contribution in [3.63, 3.8) is 0 Å². The second kappa shape index (κ2) is 8.34. The van der Waals surface area contributed by atoms with E-state index in [1.54, 1.807) is 42.1 Å². The van der Waals surface area contributed by atoms with Crippen LogP contribution in [0.4, 0.5) is 16.5 Å². The zero-order valence-corrected chi connectivity index (χ0v) is 17.9. The number of aryl methyl sites for hydroxylation is 1. The second-order valence-electron chi connectivity index (χ2n) is 7.11. The third-order valence-corrected chi connectivity index (χ3v) is 6.12. The van der Waals surface area contributed by atoms with E-state index in [1.807, 2.05) is 10.3 Å². The number of aromatic nitrogens is 2. The van der Waals surface area contributed by atoms with Gasteiger partial charge in [-0.2, -0.15) is 0 Å². The lowest BCUT2D eigenvalue weighted by molar-refractivity contribution is -0.384. The third kappa shape index (κ3) is 3.83. The molecule has 0 saturated carbocycles. The van der Waals surface area contributed by atoms with Gasteiger partial charge in [-0.25, -0.2) is 9.78 Å². The maximum atomic E-state index is 12.9. The molecule has 0 unspecified atom stereocenters. The summed E-state index contributed by atoms with van der Waals surface area (Å²) in [6, 6.07) is 2.92. The quantitative estimate of drug-likeness (QED) is 0.336. The van der Waals surface area contributed by atoms with Crippen LogP contribution in [0.1, 0.15) is 17.3 Å². The summed E-state index contributed by atoms with van der Waals surface area (Å²) in [5.41, 5.74) is 0.0928. The first-order valence-electron chi connectivity index (χ1n) is 9.79. The average molecular weight is 443 g/mol. The number of hydrogen-bond donors (Lipinski definition) is 0. The fraction of sp³-hybridized carbons (Fsp3) is 0.350. The zero-order chi connectivity index (χ0) is 22.1. The summed E-state index contributed by atoms with van der Waals surface area (Å²) in [7, 11) is 1.69. The number of anilines is 2. The molecule has 1 saturated heterocycles. The van der Waals surface area contributed by atoms with Crippen LogP contribution in [0.15, 0.2) is 34.7 Å². The normalized spacial score (nSPS) is 14.1. The number of rotatable bonds is 5. The molecule has 1 aliphatic rings. The van der Waals surface area contributed by atoms with E-state index in [9.17, 15) is 19.7 Å². The molecule has 0 radical (unpaired) electrons. The Labute approximate surface area is 181 Å². The SMILES string of the molecule is CCOC(=O)c1cn(C)c2cc(N3CCN(c4nccs4)CC3)c([N+](=O)[O-])cc2c1=O. The molecule has 31 heavy (non-hydrogen) atoms. The number of esters is 1. The number of piperazine rings is 1. The molecule has 3 heterocycles. The van der Waals surface area contributed by atoms with E-state index in [0.29, 0.717) is 37.4 Å². The molecule has 0 aliphatic carbocycles. The molecule has 0 spiro atoms. The predicted octanol–water partition coefficient (Wildman–Crippen LogP) is 2.41. The van der Waals surface area contributed by atoms with Gasteiger partial charge in [0.15, 0.2) is 5.13 Å². The second-order valence-corrected chi connectivity index (χ2v) is 7.98. The molecule has 11 heteroatoms. The van der Waals surface area contributed by atoms with Gasteiger partial charge in [0.05, 0.1) is 22.4 Å². The largest absolute Gasteiger partial charge is 0.462 e. The van der Waals surface area contributed by atoms with Gasteiger partial charge >= 0.3 is 5.97 Å². The number of benzene rings is 1. The molecule has 162 valence electrons. The molecular weight excluding hydrogens is 422 g/mol. The van der Waals surface area contributed by atoms with Crippen molar-refractivity contribution >= 4 is 44.7 Å². The van der Waals surface area contributed by atoms with Crippen LogP contribution in [0.25, 0.3) is 10.9 Å². The van der Waals surface area contributed by atoms with Crippen molar-refractivity contribution in [2.24, 2.45) is 7.05 Å². The van der Waals surface area contributed by atoms with Crippen LogP contribution in [0.2, 0.25) is 0 Å². The van der Waals surface area contributed by atoms with Crippen LogP contribution in [0.3, 0.4) is 0 Å². The first-order chi connectivity index (χ1) is 14.9. The standard InChI is InChI=1S/C20H21N5O5S/c1-3-30-19(27)14-12-22(2)15-11-16(17(25(28)29)10-13(15)18(14)26)23-5-7-24(8-6-23)20-21-4-9-31-20/h4,9-12H,3,5-8H2,1-2H3. The Kier molecular flexibility index (Phi) is 5.59. The molecule has 1 fully saturated rings. The zero-order valence-electron chi connectivity index (χ0n) is 17.1. The van der Waals surface area contributed by atoms with E-state index in [4.69, 9.17) is 4.74 Å². The molecular formula is C20H21N5O5S. The summed E-state index contributed by atoms with van der Waals surface area (Å²) in [4.78, 5) is 44.8. The summed E-state index contributed by atoms with van der Waals surface area (Å²) < 4.78 is 6.57.